The minimum Gasteiger partial charge on any atom is -1.00 e. The van der Waals surface area contributed by atoms with Crippen LogP contribution in [0, 0.1) is 18.3 Å². The van der Waals surface area contributed by atoms with Crippen molar-refractivity contribution in [2.45, 2.75) is 70.1 Å². The molecule has 1 aromatic carbocycles. The zero-order chi connectivity index (χ0) is 49.8. The van der Waals surface area contributed by atoms with Gasteiger partial charge in [-0.1, -0.05) is 48.7 Å². The molecule has 9 N–H and O–H groups in total. The summed E-state index contributed by atoms with van der Waals surface area (Å²) in [5, 5.41) is 39.7. The minimum atomic E-state index is -0.701. The number of carbonyl (C=O) groups is 2. The molecule has 5 heterocycles. The van der Waals surface area contributed by atoms with Crippen LogP contribution in [0.4, 0.5) is 17.8 Å². The van der Waals surface area contributed by atoms with Crippen molar-refractivity contribution in [3.8, 4) is 18.1 Å². The first kappa shape index (κ1) is 56.1. The number of piperazine rings is 2. The Morgan fingerprint density at radius 2 is 1.35 bits per heavy atom. The lowest BCUT2D eigenvalue weighted by atomic mass is 9.97. The van der Waals surface area contributed by atoms with Gasteiger partial charge in [-0.05, 0) is 55.8 Å². The highest BCUT2D eigenvalue weighted by Crippen LogP contribution is 2.27. The summed E-state index contributed by atoms with van der Waals surface area (Å²) in [4.78, 5) is 50.9. The number of nitrogens with one attached hydrogen (secondary N) is 1. The number of halogens is 1. The van der Waals surface area contributed by atoms with E-state index in [1.165, 1.54) is 0 Å². The molecule has 2 aliphatic rings. The van der Waals surface area contributed by atoms with E-state index in [-0.39, 0.29) is 49.1 Å². The van der Waals surface area contributed by atoms with Crippen LogP contribution in [0.15, 0.2) is 36.7 Å². The Hall–Kier alpha value is -5.78. The van der Waals surface area contributed by atoms with Crippen LogP contribution in [0.1, 0.15) is 80.6 Å². The quantitative estimate of drug-likeness (QED) is 0.0245. The number of benzene rings is 1. The molecule has 2 fully saturated rings. The number of unbranched alkanes of at least 4 members (excludes halogenated alkanes) is 1. The number of amides is 2. The van der Waals surface area contributed by atoms with Crippen LogP contribution < -0.4 is 44.7 Å². The second-order valence-corrected chi connectivity index (χ2v) is 17.4. The molecule has 3 aromatic heterocycles. The summed E-state index contributed by atoms with van der Waals surface area (Å²) in [6, 6.07) is 4.55. The summed E-state index contributed by atoms with van der Waals surface area (Å²) in [5.74, 6) is 3.72. The van der Waals surface area contributed by atoms with Crippen molar-refractivity contribution < 1.29 is 46.4 Å². The lowest BCUT2D eigenvalue weighted by molar-refractivity contribution is -0.137. The Labute approximate surface area is 421 Å². The summed E-state index contributed by atoms with van der Waals surface area (Å²) in [6.07, 6.45) is 11.9. The first-order valence-corrected chi connectivity index (χ1v) is 24.2. The van der Waals surface area contributed by atoms with Gasteiger partial charge >= 0.3 is 0 Å². The van der Waals surface area contributed by atoms with E-state index in [4.69, 9.17) is 52.8 Å². The van der Waals surface area contributed by atoms with Crippen molar-refractivity contribution in [3.63, 3.8) is 0 Å². The predicted molar refractivity (Wildman–Crippen MR) is 260 cm³/mol. The van der Waals surface area contributed by atoms with Crippen molar-refractivity contribution in [2.75, 3.05) is 127 Å². The molecule has 5 atom stereocenters. The molecule has 0 spiro atoms. The number of aliphatic hydroxyl groups excluding tert-OH is 1. The summed E-state index contributed by atoms with van der Waals surface area (Å²) in [6.45, 7) is 10.5. The van der Waals surface area contributed by atoms with Gasteiger partial charge in [0.15, 0.2) is 0 Å². The van der Waals surface area contributed by atoms with Gasteiger partial charge in [-0.25, -0.2) is 9.36 Å². The first-order valence-electron chi connectivity index (χ1n) is 24.2. The van der Waals surface area contributed by atoms with Gasteiger partial charge in [0.05, 0.1) is 69.8 Å². The molecule has 6 rings (SSSR count). The third-order valence-electron chi connectivity index (χ3n) is 12.5. The molecule has 0 radical (unpaired) electrons. The molecule has 24 nitrogen and oxygen atoms in total. The molecular formula is C46H71ClN17O7-. The van der Waals surface area contributed by atoms with Crippen LogP contribution in [0.5, 0.6) is 5.75 Å². The maximum atomic E-state index is 14.4. The number of hydrogen-bond donors (Lipinski definition) is 6. The third kappa shape index (κ3) is 16.1. The number of phenolic OH excluding ortho intramolecular Hbond substituents is 1. The Bertz CT molecular complexity index is 2250. The van der Waals surface area contributed by atoms with Crippen LogP contribution in [-0.2, 0) is 30.2 Å². The Kier molecular flexibility index (Phi) is 22.9. The summed E-state index contributed by atoms with van der Waals surface area (Å²) in [5.41, 5.74) is 20.3. The fraction of sp³-hybridized carbons (Fsp3) is 0.630. The number of phenols is 1. The maximum Gasteiger partial charge on any atom is 0.247 e. The monoisotopic (exact) mass is 1010 g/mol. The molecule has 2 aliphatic heterocycles. The highest BCUT2D eigenvalue weighted by molar-refractivity contribution is 5.81. The van der Waals surface area contributed by atoms with Crippen molar-refractivity contribution in [1.29, 1.82) is 0 Å². The molecule has 0 bridgehead atoms. The standard InChI is InChI=1S/C46H71N17O7.ClH/c1-4-23-68-25-27-70-28-26-69-24-14-50-44-51-45(60-19-15-58(16-20-60)42(66)40(8-6-7-13-47)62-30-39(55-56-62)37(49)32-64)53-46(52-44)61-21-17-59(18-22-61)43(67)41(33(3)5-2)63-31-38(54-57-63)36(48)29-34-9-11-35(65)12-10-34;/h1,9-12,30-31,33,36-37,40-41,64-65H,5-8,13-29,32,47-49H2,2-3H3,(H,50,51,52,53);1H/p-1. The number of hydrogen-bond acceptors (Lipinski definition) is 20. The molecule has 0 aliphatic carbocycles. The molecule has 2 amide bonds. The normalized spacial score (nSPS) is 16.2. The van der Waals surface area contributed by atoms with Crippen molar-refractivity contribution in [1.82, 2.24) is 54.7 Å². The third-order valence-corrected chi connectivity index (χ3v) is 12.5. The van der Waals surface area contributed by atoms with Gasteiger partial charge in [0.1, 0.15) is 30.1 Å². The Morgan fingerprint density at radius 3 is 1.94 bits per heavy atom. The topological polar surface area (TPSA) is 305 Å². The van der Waals surface area contributed by atoms with Crippen molar-refractivity contribution >= 4 is 29.7 Å². The van der Waals surface area contributed by atoms with Crippen LogP contribution in [-0.4, -0.2) is 188 Å². The number of nitrogens with two attached hydrogens (primary N) is 3. The molecule has 71 heavy (non-hydrogen) atoms. The van der Waals surface area contributed by atoms with Gasteiger partial charge in [0.2, 0.25) is 29.7 Å². The second-order valence-electron chi connectivity index (χ2n) is 17.4. The maximum absolute atomic E-state index is 14.4. The van der Waals surface area contributed by atoms with E-state index in [0.717, 1.165) is 24.8 Å². The number of rotatable bonds is 28. The Morgan fingerprint density at radius 1 is 0.789 bits per heavy atom. The number of ether oxygens (including phenoxy) is 3. The molecule has 0 saturated carbocycles. The fourth-order valence-electron chi connectivity index (χ4n) is 8.16. The SMILES string of the molecule is C#CCOCCOCCOCCNc1nc(N2CCN(C(=O)C(CCCCN)n3cc(C(N)CO)nn3)CC2)nc(N2CCN(C(=O)C(C(C)CC)n3cc(C(N)Cc4ccc(O)cc4)nn3)CC2)n1.[Cl-]. The Balaban J connectivity index is 0.00000937. The van der Waals surface area contributed by atoms with Gasteiger partial charge < -0.3 is 78.9 Å². The molecule has 390 valence electrons. The molecule has 4 aromatic rings. The van der Waals surface area contributed by atoms with E-state index in [0.29, 0.717) is 141 Å². The number of anilines is 3. The van der Waals surface area contributed by atoms with Crippen LogP contribution in [0.25, 0.3) is 0 Å². The summed E-state index contributed by atoms with van der Waals surface area (Å²) >= 11 is 0. The molecule has 2 saturated heterocycles. The van der Waals surface area contributed by atoms with Crippen molar-refractivity contribution in [2.24, 2.45) is 23.1 Å². The number of aromatic nitrogens is 9. The van der Waals surface area contributed by atoms with E-state index in [1.54, 1.807) is 33.9 Å². The van der Waals surface area contributed by atoms with E-state index in [1.807, 2.05) is 40.7 Å². The van der Waals surface area contributed by atoms with Gasteiger partial charge in [0, 0.05) is 58.9 Å². The zero-order valence-corrected chi connectivity index (χ0v) is 41.6. The van der Waals surface area contributed by atoms with Gasteiger partial charge in [-0.2, -0.15) is 15.0 Å². The summed E-state index contributed by atoms with van der Waals surface area (Å²) < 4.78 is 19.7. The second kappa shape index (κ2) is 28.9. The van der Waals surface area contributed by atoms with Crippen molar-refractivity contribution in [3.05, 3.63) is 53.6 Å². The molecule has 25 heteroatoms. The number of terminal acetylenes is 1. The first-order chi connectivity index (χ1) is 34.0. The number of nitrogens with zero attached hydrogens (tertiary/aromatic N) is 13. The molecule has 5 unspecified atom stereocenters. The van der Waals surface area contributed by atoms with Crippen LogP contribution >= 0.6 is 0 Å². The molecular weight excluding hydrogens is 938 g/mol. The highest BCUT2D eigenvalue weighted by Gasteiger charge is 2.35. The van der Waals surface area contributed by atoms with Crippen LogP contribution in [0.2, 0.25) is 0 Å². The highest BCUT2D eigenvalue weighted by atomic mass is 35.5. The van der Waals surface area contributed by atoms with E-state index < -0.39 is 24.2 Å². The summed E-state index contributed by atoms with van der Waals surface area (Å²) in [7, 11) is 0. The van der Waals surface area contributed by atoms with Gasteiger partial charge in [0.25, 0.3) is 0 Å². The van der Waals surface area contributed by atoms with E-state index in [2.05, 4.69) is 36.8 Å². The average molecular weight is 1010 g/mol. The zero-order valence-electron chi connectivity index (χ0n) is 40.8. The fourth-order valence-corrected chi connectivity index (χ4v) is 8.16. The lowest BCUT2D eigenvalue weighted by Crippen LogP contribution is -3.00. The van der Waals surface area contributed by atoms with Crippen LogP contribution in [0.3, 0.4) is 0 Å². The van der Waals surface area contributed by atoms with Gasteiger partial charge in [-0.15, -0.1) is 16.6 Å². The number of aromatic hydroxyl groups is 1. The number of carbonyl (C=O) groups excluding carboxylic acids is 2. The lowest BCUT2D eigenvalue weighted by Gasteiger charge is -2.38. The number of aliphatic hydroxyl groups is 1. The largest absolute Gasteiger partial charge is 1.00 e. The van der Waals surface area contributed by atoms with E-state index >= 15 is 0 Å². The van der Waals surface area contributed by atoms with E-state index in [9.17, 15) is 19.8 Å². The minimum absolute atomic E-state index is 0. The van der Waals surface area contributed by atoms with Gasteiger partial charge in [-0.3, -0.25) is 9.59 Å². The predicted octanol–water partition coefficient (Wildman–Crippen LogP) is -2.95. The smallest absolute Gasteiger partial charge is 0.247 e. The average Bonchev–Trinajstić information content (AvgIpc) is 4.09.